The number of nitrogens with zero attached hydrogens (tertiary/aromatic N) is 2. The lowest BCUT2D eigenvalue weighted by Gasteiger charge is -2.11. The van der Waals surface area contributed by atoms with Gasteiger partial charge >= 0.3 is 5.97 Å². The summed E-state index contributed by atoms with van der Waals surface area (Å²) in [5.74, 6) is -4.11. The molecule has 0 aliphatic rings. The smallest absolute Gasteiger partial charge is 0.316 e. The summed E-state index contributed by atoms with van der Waals surface area (Å²) >= 11 is 0. The molecule has 160 valence electrons. The average Bonchev–Trinajstić information content (AvgIpc) is 3.18. The van der Waals surface area contributed by atoms with Crippen LogP contribution in [0.15, 0.2) is 78.5 Å². The third kappa shape index (κ3) is 6.65. The van der Waals surface area contributed by atoms with Gasteiger partial charge in [0.2, 0.25) is 5.91 Å². The highest BCUT2D eigenvalue weighted by Gasteiger charge is 2.29. The van der Waals surface area contributed by atoms with Gasteiger partial charge in [-0.15, -0.1) is 0 Å². The Balaban J connectivity index is 1.65. The van der Waals surface area contributed by atoms with Crippen LogP contribution in [0.5, 0.6) is 0 Å². The van der Waals surface area contributed by atoms with Crippen molar-refractivity contribution in [2.45, 2.75) is 13.0 Å². The summed E-state index contributed by atoms with van der Waals surface area (Å²) in [7, 11) is -4.15. The number of amides is 1. The zero-order valence-corrected chi connectivity index (χ0v) is 17.3. The highest BCUT2D eigenvalue weighted by atomic mass is 32.2. The van der Waals surface area contributed by atoms with E-state index >= 15 is 0 Å². The summed E-state index contributed by atoms with van der Waals surface area (Å²) in [4.78, 5) is 24.0. The van der Waals surface area contributed by atoms with Crippen molar-refractivity contribution in [2.24, 2.45) is 5.92 Å². The van der Waals surface area contributed by atoms with E-state index in [1.54, 1.807) is 41.2 Å². The Bertz CT molecular complexity index is 1170. The lowest BCUT2D eigenvalue weighted by molar-refractivity contribution is -0.146. The summed E-state index contributed by atoms with van der Waals surface area (Å²) in [6.45, 7) is 0.490. The molecule has 0 fully saturated rings. The van der Waals surface area contributed by atoms with Crippen LogP contribution in [-0.4, -0.2) is 35.2 Å². The quantitative estimate of drug-likeness (QED) is 0.494. The molecule has 1 heterocycles. The van der Waals surface area contributed by atoms with E-state index in [-0.39, 0.29) is 6.42 Å². The molecule has 1 aromatic heterocycles. The summed E-state index contributed by atoms with van der Waals surface area (Å²) < 4.78 is 27.8. The molecule has 9 heteroatoms. The van der Waals surface area contributed by atoms with Crippen LogP contribution in [0.25, 0.3) is 6.08 Å². The van der Waals surface area contributed by atoms with E-state index in [0.717, 1.165) is 11.0 Å². The van der Waals surface area contributed by atoms with Gasteiger partial charge in [0.05, 0.1) is 18.1 Å². The van der Waals surface area contributed by atoms with Crippen molar-refractivity contribution in [1.29, 1.82) is 0 Å². The normalized spacial score (nSPS) is 12.5. The zero-order chi connectivity index (χ0) is 22.3. The van der Waals surface area contributed by atoms with Crippen molar-refractivity contribution < 1.29 is 23.1 Å². The monoisotopic (exact) mass is 439 g/mol. The van der Waals surface area contributed by atoms with Crippen LogP contribution in [0.2, 0.25) is 0 Å². The maximum atomic E-state index is 12.4. The van der Waals surface area contributed by atoms with Crippen LogP contribution in [-0.2, 0) is 32.6 Å². The van der Waals surface area contributed by atoms with Crippen molar-refractivity contribution in [3.63, 3.8) is 0 Å². The summed E-state index contributed by atoms with van der Waals surface area (Å²) in [5, 5.41) is 14.5. The predicted octanol–water partition coefficient (Wildman–Crippen LogP) is 2.29. The van der Waals surface area contributed by atoms with Gasteiger partial charge in [-0.05, 0) is 29.2 Å². The van der Waals surface area contributed by atoms with E-state index in [1.807, 2.05) is 35.1 Å². The molecular formula is C22H21N3O5S. The van der Waals surface area contributed by atoms with Crippen LogP contribution >= 0.6 is 0 Å². The minimum absolute atomic E-state index is 0.187. The number of carboxylic acid groups (broad SMARTS) is 1. The molecule has 8 nitrogen and oxygen atoms in total. The molecule has 1 unspecified atom stereocenters. The molecule has 0 bridgehead atoms. The maximum Gasteiger partial charge on any atom is 0.316 e. The Kier molecular flexibility index (Phi) is 6.99. The van der Waals surface area contributed by atoms with E-state index in [0.29, 0.717) is 17.7 Å². The first-order chi connectivity index (χ1) is 14.8. The number of hydrogen-bond acceptors (Lipinski definition) is 5. The molecule has 0 aliphatic heterocycles. The minimum Gasteiger partial charge on any atom is -0.481 e. The number of benzene rings is 2. The van der Waals surface area contributed by atoms with Gasteiger partial charge in [0.1, 0.15) is 5.92 Å². The number of carboxylic acids is 1. The standard InChI is InChI=1S/C22H21N3O5S/c26-21(24-31(29,30)12-11-17-7-3-1-4-8-17)20(22(27)28)13-19-14-23-25(16-19)15-18-9-5-2-6-10-18/h1-12,14,16,20H,13,15H2,(H,24,26)(H,27,28)/b12-11+. The predicted molar refractivity (Wildman–Crippen MR) is 115 cm³/mol. The highest BCUT2D eigenvalue weighted by molar-refractivity contribution is 7.93. The number of sulfonamides is 1. The summed E-state index contributed by atoms with van der Waals surface area (Å²) in [6.07, 6.45) is 4.24. The molecule has 0 radical (unpaired) electrons. The van der Waals surface area contributed by atoms with Gasteiger partial charge in [-0.2, -0.15) is 5.10 Å². The molecule has 2 N–H and O–H groups in total. The number of hydrogen-bond donors (Lipinski definition) is 2. The van der Waals surface area contributed by atoms with Gasteiger partial charge in [-0.1, -0.05) is 60.7 Å². The van der Waals surface area contributed by atoms with Gasteiger partial charge in [0.25, 0.3) is 10.0 Å². The largest absolute Gasteiger partial charge is 0.481 e. The second kappa shape index (κ2) is 9.86. The number of aromatic nitrogens is 2. The van der Waals surface area contributed by atoms with Crippen LogP contribution in [0.3, 0.4) is 0 Å². The van der Waals surface area contributed by atoms with Gasteiger partial charge < -0.3 is 5.11 Å². The fourth-order valence-corrected chi connectivity index (χ4v) is 3.70. The van der Waals surface area contributed by atoms with Crippen LogP contribution in [0.1, 0.15) is 16.7 Å². The molecule has 0 aliphatic carbocycles. The van der Waals surface area contributed by atoms with E-state index in [1.165, 1.54) is 12.3 Å². The Morgan fingerprint density at radius 1 is 1.03 bits per heavy atom. The Hall–Kier alpha value is -3.72. The number of aliphatic carboxylic acids is 1. The third-order valence-corrected chi connectivity index (χ3v) is 5.39. The van der Waals surface area contributed by atoms with Crippen molar-refractivity contribution in [3.05, 3.63) is 95.2 Å². The Morgan fingerprint density at radius 3 is 2.32 bits per heavy atom. The molecule has 0 saturated heterocycles. The molecule has 3 aromatic rings. The lowest BCUT2D eigenvalue weighted by Crippen LogP contribution is -2.39. The Labute approximate surface area is 179 Å². The van der Waals surface area contributed by atoms with E-state index in [4.69, 9.17) is 0 Å². The van der Waals surface area contributed by atoms with Gasteiger partial charge in [0, 0.05) is 6.20 Å². The van der Waals surface area contributed by atoms with Gasteiger partial charge in [-0.25, -0.2) is 13.1 Å². The average molecular weight is 439 g/mol. The summed E-state index contributed by atoms with van der Waals surface area (Å²) in [6, 6.07) is 18.2. The first-order valence-corrected chi connectivity index (χ1v) is 10.9. The van der Waals surface area contributed by atoms with Gasteiger partial charge in [0.15, 0.2) is 0 Å². The molecule has 0 spiro atoms. The van der Waals surface area contributed by atoms with Gasteiger partial charge in [-0.3, -0.25) is 14.3 Å². The van der Waals surface area contributed by atoms with E-state index < -0.39 is 27.8 Å². The number of carbonyl (C=O) groups excluding carboxylic acids is 1. The minimum atomic E-state index is -4.15. The fourth-order valence-electron chi connectivity index (χ4n) is 2.87. The number of carbonyl (C=O) groups is 2. The lowest BCUT2D eigenvalue weighted by atomic mass is 10.0. The van der Waals surface area contributed by atoms with Crippen molar-refractivity contribution in [2.75, 3.05) is 0 Å². The molecule has 31 heavy (non-hydrogen) atoms. The third-order valence-electron chi connectivity index (χ3n) is 4.41. The van der Waals surface area contributed by atoms with Crippen LogP contribution in [0.4, 0.5) is 0 Å². The molecule has 1 atom stereocenters. The second-order valence-corrected chi connectivity index (χ2v) is 8.42. The van der Waals surface area contributed by atoms with Crippen molar-refractivity contribution in [3.8, 4) is 0 Å². The highest BCUT2D eigenvalue weighted by Crippen LogP contribution is 2.12. The van der Waals surface area contributed by atoms with Crippen LogP contribution in [0, 0.1) is 5.92 Å². The van der Waals surface area contributed by atoms with Crippen molar-refractivity contribution >= 4 is 28.0 Å². The second-order valence-electron chi connectivity index (χ2n) is 6.85. The van der Waals surface area contributed by atoms with E-state index in [2.05, 4.69) is 5.10 Å². The summed E-state index contributed by atoms with van der Waals surface area (Å²) in [5.41, 5.74) is 2.15. The molecular weight excluding hydrogens is 418 g/mol. The van der Waals surface area contributed by atoms with Crippen LogP contribution < -0.4 is 4.72 Å². The van der Waals surface area contributed by atoms with E-state index in [9.17, 15) is 23.1 Å². The number of nitrogens with one attached hydrogen (secondary N) is 1. The molecule has 2 aromatic carbocycles. The number of rotatable bonds is 9. The van der Waals surface area contributed by atoms with Crippen molar-refractivity contribution in [1.82, 2.24) is 14.5 Å². The topological polar surface area (TPSA) is 118 Å². The molecule has 3 rings (SSSR count). The Morgan fingerprint density at radius 2 is 1.68 bits per heavy atom. The SMILES string of the molecule is O=C(O)C(Cc1cnn(Cc2ccccc2)c1)C(=O)NS(=O)(=O)/C=C/c1ccccc1. The first kappa shape index (κ1) is 22.0. The molecule has 0 saturated carbocycles. The maximum absolute atomic E-state index is 12.4. The first-order valence-electron chi connectivity index (χ1n) is 9.40. The fraction of sp³-hybridized carbons (Fsp3) is 0.136. The zero-order valence-electron chi connectivity index (χ0n) is 16.5. The molecule has 1 amide bonds.